The second kappa shape index (κ2) is 10.1. The third kappa shape index (κ3) is 5.72. The van der Waals surface area contributed by atoms with Crippen molar-refractivity contribution in [3.63, 3.8) is 0 Å². The summed E-state index contributed by atoms with van der Waals surface area (Å²) in [7, 11) is -3.31. The molecule has 0 aromatic heterocycles. The molecular formula is C24H24ClFN4O3S. The van der Waals surface area contributed by atoms with Crippen LogP contribution in [0.25, 0.3) is 0 Å². The maximum Gasteiger partial charge on any atom is 0.253 e. The van der Waals surface area contributed by atoms with Gasteiger partial charge in [-0.05, 0) is 67.7 Å². The van der Waals surface area contributed by atoms with Crippen LogP contribution >= 0.6 is 11.6 Å². The molecule has 0 saturated heterocycles. The molecule has 0 aliphatic heterocycles. The number of hydrogen-bond acceptors (Lipinski definition) is 5. The van der Waals surface area contributed by atoms with Gasteiger partial charge in [0, 0.05) is 40.3 Å². The fourth-order valence-electron chi connectivity index (χ4n) is 3.63. The van der Waals surface area contributed by atoms with Crippen LogP contribution in [0.4, 0.5) is 21.5 Å². The molecular weight excluding hydrogens is 479 g/mol. The van der Waals surface area contributed by atoms with Gasteiger partial charge in [-0.1, -0.05) is 23.7 Å². The Labute approximate surface area is 202 Å². The average Bonchev–Trinajstić information content (AvgIpc) is 3.67. The maximum absolute atomic E-state index is 13.2. The molecule has 1 atom stereocenters. The zero-order valence-corrected chi connectivity index (χ0v) is 19.7. The quantitative estimate of drug-likeness (QED) is 0.374. The van der Waals surface area contributed by atoms with Crippen molar-refractivity contribution in [2.45, 2.75) is 24.5 Å². The minimum Gasteiger partial charge on any atom is -0.355 e. The zero-order chi connectivity index (χ0) is 24.3. The highest BCUT2D eigenvalue weighted by molar-refractivity contribution is 7.90. The van der Waals surface area contributed by atoms with E-state index < -0.39 is 15.9 Å². The van der Waals surface area contributed by atoms with Gasteiger partial charge in [-0.15, -0.1) is 0 Å². The third-order valence-corrected chi connectivity index (χ3v) is 7.95. The summed E-state index contributed by atoms with van der Waals surface area (Å²) in [5.74, 6) is -0.985. The first-order valence-electron chi connectivity index (χ1n) is 10.8. The van der Waals surface area contributed by atoms with Crippen LogP contribution in [0.2, 0.25) is 0 Å². The molecule has 0 spiro atoms. The Morgan fingerprint density at radius 2 is 1.85 bits per heavy atom. The summed E-state index contributed by atoms with van der Waals surface area (Å²) >= 11 is 6.29. The van der Waals surface area contributed by atoms with Crippen molar-refractivity contribution in [2.24, 2.45) is 5.92 Å². The molecule has 2 aromatic carbocycles. The summed E-state index contributed by atoms with van der Waals surface area (Å²) in [5, 5.41) is 13.8. The van der Waals surface area contributed by atoms with E-state index in [-0.39, 0.29) is 35.0 Å². The molecule has 0 bridgehead atoms. The normalized spacial score (nSPS) is 18.0. The number of carbonyl (C=O) groups excluding carboxylic acids is 1. The summed E-state index contributed by atoms with van der Waals surface area (Å²) in [6, 6.07) is 10.9. The molecule has 0 heterocycles. The Morgan fingerprint density at radius 3 is 2.53 bits per heavy atom. The molecule has 4 rings (SSSR count). The van der Waals surface area contributed by atoms with Crippen LogP contribution < -0.4 is 15.4 Å². The lowest BCUT2D eigenvalue weighted by molar-refractivity contribution is -0.113. The van der Waals surface area contributed by atoms with E-state index >= 15 is 0 Å². The minimum absolute atomic E-state index is 0.194. The first kappa shape index (κ1) is 24.1. The van der Waals surface area contributed by atoms with E-state index in [0.29, 0.717) is 41.0 Å². The summed E-state index contributed by atoms with van der Waals surface area (Å²) < 4.78 is 40.0. The average molecular weight is 503 g/mol. The third-order valence-electron chi connectivity index (χ3n) is 5.68. The van der Waals surface area contributed by atoms with Crippen LogP contribution in [0.1, 0.15) is 24.8 Å². The largest absolute Gasteiger partial charge is 0.355 e. The summed E-state index contributed by atoms with van der Waals surface area (Å²) in [6.45, 7) is 0.194. The molecule has 4 N–H and O–H groups in total. The van der Waals surface area contributed by atoms with Crippen LogP contribution in [0.15, 0.2) is 65.2 Å². The zero-order valence-electron chi connectivity index (χ0n) is 18.1. The number of halogens is 2. The van der Waals surface area contributed by atoms with Crippen molar-refractivity contribution in [3.8, 4) is 0 Å². The van der Waals surface area contributed by atoms with Gasteiger partial charge in [-0.2, -0.15) is 0 Å². The number of amides is 1. The van der Waals surface area contributed by atoms with Gasteiger partial charge in [-0.25, -0.2) is 17.5 Å². The number of anilines is 3. The van der Waals surface area contributed by atoms with Crippen molar-refractivity contribution < 1.29 is 17.6 Å². The Balaban J connectivity index is 1.46. The van der Waals surface area contributed by atoms with Crippen LogP contribution in [0.3, 0.4) is 0 Å². The molecule has 2 aliphatic carbocycles. The van der Waals surface area contributed by atoms with E-state index in [1.54, 1.807) is 42.5 Å². The fourth-order valence-corrected chi connectivity index (χ4v) is 5.31. The Morgan fingerprint density at radius 1 is 1.15 bits per heavy atom. The van der Waals surface area contributed by atoms with Gasteiger partial charge in [0.2, 0.25) is 10.0 Å². The smallest absolute Gasteiger partial charge is 0.253 e. The molecule has 178 valence electrons. The lowest BCUT2D eigenvalue weighted by atomic mass is 9.93. The number of allylic oxidation sites excluding steroid dienone is 2. The second-order valence-corrected chi connectivity index (χ2v) is 10.7. The van der Waals surface area contributed by atoms with Crippen LogP contribution in [0, 0.1) is 17.1 Å². The number of carbonyl (C=O) groups is 1. The van der Waals surface area contributed by atoms with Gasteiger partial charge in [0.05, 0.1) is 10.9 Å². The number of sulfonamides is 1. The summed E-state index contributed by atoms with van der Waals surface area (Å²) in [4.78, 5) is 13.1. The summed E-state index contributed by atoms with van der Waals surface area (Å²) in [5.41, 5.74) is 2.39. The van der Waals surface area contributed by atoms with E-state index in [1.807, 2.05) is 0 Å². The molecule has 2 aromatic rings. The van der Waals surface area contributed by atoms with Gasteiger partial charge in [0.25, 0.3) is 5.91 Å². The predicted molar refractivity (Wildman–Crippen MR) is 133 cm³/mol. The van der Waals surface area contributed by atoms with E-state index in [9.17, 15) is 17.6 Å². The van der Waals surface area contributed by atoms with Crippen LogP contribution in [0.5, 0.6) is 0 Å². The first-order chi connectivity index (χ1) is 16.3. The van der Waals surface area contributed by atoms with Gasteiger partial charge >= 0.3 is 0 Å². The molecule has 1 amide bonds. The highest BCUT2D eigenvalue weighted by atomic mass is 35.5. The standard InChI is InChI=1S/C24H24ClFN4O3S/c25-21-11-4-15(14-28-34(32,33)18-9-10-18)12-19(21)24(31)30-23-3-1-2-22(20(23)13-27)29-17-7-5-16(26)6-8-17/h1-8,11,13,15,18,27-29H,9-10,12,14H2,(H,30,31). The second-order valence-electron chi connectivity index (χ2n) is 8.24. The Hall–Kier alpha value is -3.01. The van der Waals surface area contributed by atoms with E-state index in [2.05, 4.69) is 15.4 Å². The van der Waals surface area contributed by atoms with E-state index in [0.717, 1.165) is 6.21 Å². The molecule has 1 saturated carbocycles. The first-order valence-corrected chi connectivity index (χ1v) is 12.7. The van der Waals surface area contributed by atoms with Gasteiger partial charge < -0.3 is 16.0 Å². The lowest BCUT2D eigenvalue weighted by Gasteiger charge is -2.21. The van der Waals surface area contributed by atoms with Crippen molar-refractivity contribution in [2.75, 3.05) is 17.2 Å². The molecule has 2 aliphatic rings. The van der Waals surface area contributed by atoms with E-state index in [1.165, 1.54) is 12.1 Å². The number of nitrogens with one attached hydrogen (secondary N) is 4. The SMILES string of the molecule is N=Cc1c(NC(=O)C2=C(Cl)C=CC(CNS(=O)(=O)C3CC3)C2)cccc1Nc1ccc(F)cc1. The molecule has 0 radical (unpaired) electrons. The Bertz CT molecular complexity index is 1270. The van der Waals surface area contributed by atoms with Crippen molar-refractivity contribution >= 4 is 50.8 Å². The highest BCUT2D eigenvalue weighted by Crippen LogP contribution is 2.31. The molecule has 1 unspecified atom stereocenters. The molecule has 34 heavy (non-hydrogen) atoms. The van der Waals surface area contributed by atoms with E-state index in [4.69, 9.17) is 17.0 Å². The minimum atomic E-state index is -3.31. The molecule has 7 nitrogen and oxygen atoms in total. The van der Waals surface area contributed by atoms with Crippen molar-refractivity contribution in [1.29, 1.82) is 5.41 Å². The molecule has 1 fully saturated rings. The van der Waals surface area contributed by atoms with Crippen molar-refractivity contribution in [3.05, 3.63) is 76.6 Å². The van der Waals surface area contributed by atoms with Crippen LogP contribution in [-0.4, -0.2) is 32.3 Å². The number of hydrogen-bond donors (Lipinski definition) is 4. The lowest BCUT2D eigenvalue weighted by Crippen LogP contribution is -2.33. The Kier molecular flexibility index (Phi) is 7.16. The molecule has 10 heteroatoms. The van der Waals surface area contributed by atoms with Gasteiger partial charge in [0.1, 0.15) is 5.82 Å². The fraction of sp³-hybridized carbons (Fsp3) is 0.250. The van der Waals surface area contributed by atoms with Gasteiger partial charge in [0.15, 0.2) is 0 Å². The monoisotopic (exact) mass is 502 g/mol. The topological polar surface area (TPSA) is 111 Å². The number of rotatable bonds is 9. The van der Waals surface area contributed by atoms with Crippen LogP contribution in [-0.2, 0) is 14.8 Å². The summed E-state index contributed by atoms with van der Waals surface area (Å²) in [6.07, 6.45) is 6.17. The maximum atomic E-state index is 13.2. The van der Waals surface area contributed by atoms with Gasteiger partial charge in [-0.3, -0.25) is 4.79 Å². The van der Waals surface area contributed by atoms with Crippen molar-refractivity contribution in [1.82, 2.24) is 4.72 Å². The highest BCUT2D eigenvalue weighted by Gasteiger charge is 2.36. The number of benzene rings is 2. The predicted octanol–water partition coefficient (Wildman–Crippen LogP) is 4.66.